The van der Waals surface area contributed by atoms with Crippen LogP contribution < -0.4 is 15.5 Å². The number of nitrogens with one attached hydrogen (secondary N) is 2. The quantitative estimate of drug-likeness (QED) is 0.455. The van der Waals surface area contributed by atoms with Crippen LogP contribution in [-0.2, 0) is 20.9 Å². The molecule has 2 N–H and O–H groups in total. The third kappa shape index (κ3) is 4.72. The van der Waals surface area contributed by atoms with Crippen molar-refractivity contribution in [1.29, 1.82) is 0 Å². The summed E-state index contributed by atoms with van der Waals surface area (Å²) in [5, 5.41) is 5.09. The van der Waals surface area contributed by atoms with E-state index in [4.69, 9.17) is 4.42 Å². The highest BCUT2D eigenvalue weighted by atomic mass is 32.1. The molecule has 1 aromatic carbocycles. The molecule has 0 atom stereocenters. The van der Waals surface area contributed by atoms with Crippen LogP contribution in [-0.4, -0.2) is 30.0 Å². The molecule has 0 bridgehead atoms. The molecule has 1 aliphatic rings. The summed E-state index contributed by atoms with van der Waals surface area (Å²) in [6, 6.07) is 13.4. The highest BCUT2D eigenvalue weighted by Crippen LogP contribution is 2.24. The van der Waals surface area contributed by atoms with Gasteiger partial charge in [-0.25, -0.2) is 0 Å². The number of thiophene rings is 1. The molecule has 1 saturated heterocycles. The summed E-state index contributed by atoms with van der Waals surface area (Å²) in [5.74, 6) is -1.55. The smallest absolute Gasteiger partial charge is 0.313 e. The fourth-order valence-corrected chi connectivity index (χ4v) is 4.12. The van der Waals surface area contributed by atoms with Crippen LogP contribution in [0.15, 0.2) is 59.2 Å². The van der Waals surface area contributed by atoms with Gasteiger partial charge in [0.1, 0.15) is 0 Å². The number of hydrogen-bond acceptors (Lipinski definition) is 6. The molecule has 4 rings (SSSR count). The van der Waals surface area contributed by atoms with Crippen LogP contribution in [0.5, 0.6) is 0 Å². The van der Waals surface area contributed by atoms with Gasteiger partial charge in [0.25, 0.3) is 0 Å². The van der Waals surface area contributed by atoms with Crippen LogP contribution in [0.4, 0.5) is 11.4 Å². The lowest BCUT2D eigenvalue weighted by atomic mass is 10.2. The molecule has 1 fully saturated rings. The molecule has 0 aliphatic carbocycles. The van der Waals surface area contributed by atoms with Crippen LogP contribution in [0.25, 0.3) is 0 Å². The van der Waals surface area contributed by atoms with Crippen LogP contribution in [0.1, 0.15) is 33.2 Å². The van der Waals surface area contributed by atoms with E-state index in [1.54, 1.807) is 53.4 Å². The Morgan fingerprint density at radius 1 is 1.06 bits per heavy atom. The Hall–Kier alpha value is -3.72. The number of hydrogen-bond donors (Lipinski definition) is 2. The lowest BCUT2D eigenvalue weighted by Crippen LogP contribution is -2.34. The fourth-order valence-electron chi connectivity index (χ4n) is 3.23. The maximum atomic E-state index is 12.3. The Labute approximate surface area is 181 Å². The van der Waals surface area contributed by atoms with Crippen molar-refractivity contribution in [1.82, 2.24) is 5.32 Å². The van der Waals surface area contributed by atoms with Gasteiger partial charge in [0.15, 0.2) is 5.76 Å². The van der Waals surface area contributed by atoms with E-state index in [1.165, 1.54) is 17.6 Å². The predicted molar refractivity (Wildman–Crippen MR) is 115 cm³/mol. The first-order valence-electron chi connectivity index (χ1n) is 9.68. The van der Waals surface area contributed by atoms with Gasteiger partial charge < -0.3 is 20.0 Å². The maximum absolute atomic E-state index is 12.3. The average Bonchev–Trinajstić information content (AvgIpc) is 3.53. The first-order chi connectivity index (χ1) is 15.0. The normalized spacial score (nSPS) is 13.3. The molecule has 31 heavy (non-hydrogen) atoms. The molecule has 0 radical (unpaired) electrons. The number of furan rings is 1. The Morgan fingerprint density at radius 3 is 2.68 bits per heavy atom. The second-order valence-corrected chi connectivity index (χ2v) is 8.08. The summed E-state index contributed by atoms with van der Waals surface area (Å²) in [7, 11) is 0. The Bertz CT molecular complexity index is 1140. The van der Waals surface area contributed by atoms with E-state index >= 15 is 0 Å². The van der Waals surface area contributed by atoms with E-state index in [2.05, 4.69) is 10.6 Å². The summed E-state index contributed by atoms with van der Waals surface area (Å²) >= 11 is 1.22. The van der Waals surface area contributed by atoms with Gasteiger partial charge in [-0.2, -0.15) is 0 Å². The molecule has 3 heterocycles. The van der Waals surface area contributed by atoms with Crippen LogP contribution in [0.3, 0.4) is 0 Å². The minimum absolute atomic E-state index is 0.0436. The number of carbonyl (C=O) groups excluding carboxylic acids is 4. The van der Waals surface area contributed by atoms with Crippen molar-refractivity contribution in [3.8, 4) is 0 Å². The summed E-state index contributed by atoms with van der Waals surface area (Å²) in [6.45, 7) is 0.757. The van der Waals surface area contributed by atoms with Gasteiger partial charge in [-0.1, -0.05) is 6.07 Å². The van der Waals surface area contributed by atoms with Gasteiger partial charge in [-0.15, -0.1) is 11.3 Å². The average molecular weight is 437 g/mol. The van der Waals surface area contributed by atoms with Crippen molar-refractivity contribution in [2.24, 2.45) is 0 Å². The standard InChI is InChI=1S/C22H19N3O5S/c26-19-7-2-10-25(19)15-5-1-4-14(12-15)24-22(29)21(28)23-13-16-8-9-18(31-16)20(27)17-6-3-11-30-17/h1,3-6,8-9,11-12H,2,7,10,13H2,(H,23,28)(H,24,29). The molecule has 9 heteroatoms. The van der Waals surface area contributed by atoms with E-state index in [0.717, 1.165) is 11.3 Å². The zero-order valence-electron chi connectivity index (χ0n) is 16.4. The number of ketones is 1. The minimum atomic E-state index is -0.812. The van der Waals surface area contributed by atoms with Crippen molar-refractivity contribution >= 4 is 46.2 Å². The van der Waals surface area contributed by atoms with Gasteiger partial charge in [-0.3, -0.25) is 19.2 Å². The molecule has 1 aliphatic heterocycles. The van der Waals surface area contributed by atoms with Crippen molar-refractivity contribution in [2.75, 3.05) is 16.8 Å². The second-order valence-electron chi connectivity index (χ2n) is 6.91. The largest absolute Gasteiger partial charge is 0.461 e. The molecule has 3 aromatic rings. The zero-order valence-corrected chi connectivity index (χ0v) is 17.2. The van der Waals surface area contributed by atoms with Gasteiger partial charge >= 0.3 is 11.8 Å². The summed E-state index contributed by atoms with van der Waals surface area (Å²) in [4.78, 5) is 51.4. The molecule has 0 unspecified atom stereocenters. The molecule has 0 spiro atoms. The molecule has 8 nitrogen and oxygen atoms in total. The van der Waals surface area contributed by atoms with E-state index in [-0.39, 0.29) is 24.0 Å². The van der Waals surface area contributed by atoms with Gasteiger partial charge in [0.2, 0.25) is 11.7 Å². The first kappa shape index (κ1) is 20.5. The predicted octanol–water partition coefficient (Wildman–Crippen LogP) is 2.95. The van der Waals surface area contributed by atoms with Crippen LogP contribution in [0, 0.1) is 0 Å². The lowest BCUT2D eigenvalue weighted by molar-refractivity contribution is -0.136. The zero-order chi connectivity index (χ0) is 21.8. The highest BCUT2D eigenvalue weighted by molar-refractivity contribution is 7.14. The number of nitrogens with zero attached hydrogens (tertiary/aromatic N) is 1. The van der Waals surface area contributed by atoms with Crippen molar-refractivity contribution in [3.05, 3.63) is 70.3 Å². The van der Waals surface area contributed by atoms with Gasteiger partial charge in [0.05, 0.1) is 17.7 Å². The summed E-state index contributed by atoms with van der Waals surface area (Å²) in [6.07, 6.45) is 2.74. The fraction of sp³-hybridized carbons (Fsp3) is 0.182. The minimum Gasteiger partial charge on any atom is -0.461 e. The van der Waals surface area contributed by atoms with Crippen molar-refractivity contribution < 1.29 is 23.6 Å². The summed E-state index contributed by atoms with van der Waals surface area (Å²) < 4.78 is 5.10. The monoisotopic (exact) mass is 437 g/mol. The number of carbonyl (C=O) groups is 4. The van der Waals surface area contributed by atoms with E-state index in [1.807, 2.05) is 0 Å². The Morgan fingerprint density at radius 2 is 1.94 bits per heavy atom. The van der Waals surface area contributed by atoms with Crippen molar-refractivity contribution in [3.63, 3.8) is 0 Å². The highest BCUT2D eigenvalue weighted by Gasteiger charge is 2.22. The van der Waals surface area contributed by atoms with E-state index in [9.17, 15) is 19.2 Å². The number of amides is 3. The van der Waals surface area contributed by atoms with E-state index < -0.39 is 11.8 Å². The van der Waals surface area contributed by atoms with Gasteiger partial charge in [-0.05, 0) is 48.9 Å². The second kappa shape index (κ2) is 8.97. The van der Waals surface area contributed by atoms with Crippen LogP contribution >= 0.6 is 11.3 Å². The van der Waals surface area contributed by atoms with E-state index in [0.29, 0.717) is 29.2 Å². The Kier molecular flexibility index (Phi) is 5.94. The first-order valence-corrected chi connectivity index (χ1v) is 10.5. The molecule has 0 saturated carbocycles. The molecule has 158 valence electrons. The van der Waals surface area contributed by atoms with Gasteiger partial charge in [0, 0.05) is 29.2 Å². The van der Waals surface area contributed by atoms with Crippen LogP contribution in [0.2, 0.25) is 0 Å². The summed E-state index contributed by atoms with van der Waals surface area (Å²) in [5.41, 5.74) is 1.12. The number of rotatable bonds is 6. The number of anilines is 2. The van der Waals surface area contributed by atoms with Crippen molar-refractivity contribution in [2.45, 2.75) is 19.4 Å². The molecular formula is C22H19N3O5S. The lowest BCUT2D eigenvalue weighted by Gasteiger charge is -2.16. The topological polar surface area (TPSA) is 109 Å². The third-order valence-corrected chi connectivity index (χ3v) is 5.83. The SMILES string of the molecule is O=C(NCc1ccc(C(=O)c2ccco2)s1)C(=O)Nc1cccc(N2CCCC2=O)c1. The third-order valence-electron chi connectivity index (χ3n) is 4.75. The molecular weight excluding hydrogens is 418 g/mol. The molecule has 2 aromatic heterocycles. The Balaban J connectivity index is 1.32. The number of benzene rings is 1. The molecule has 3 amide bonds. The maximum Gasteiger partial charge on any atom is 0.313 e.